The lowest BCUT2D eigenvalue weighted by Crippen LogP contribution is -2.03. The van der Waals surface area contributed by atoms with E-state index in [0.29, 0.717) is 0 Å². The van der Waals surface area contributed by atoms with Crippen LogP contribution in [0.25, 0.3) is 0 Å². The van der Waals surface area contributed by atoms with E-state index in [1.165, 1.54) is 0 Å². The van der Waals surface area contributed by atoms with Gasteiger partial charge < -0.3 is 10.1 Å². The Hall–Kier alpha value is -1.15. The van der Waals surface area contributed by atoms with Crippen molar-refractivity contribution in [3.8, 4) is 5.75 Å². The van der Waals surface area contributed by atoms with Crippen molar-refractivity contribution in [1.82, 2.24) is 0 Å². The minimum absolute atomic E-state index is 0.761. The normalized spacial score (nSPS) is 11.3. The molecule has 15 heavy (non-hydrogen) atoms. The number of benzene rings is 1. The Morgan fingerprint density at radius 2 is 2.27 bits per heavy atom. The maximum absolute atomic E-state index is 5.58. The van der Waals surface area contributed by atoms with E-state index in [2.05, 4.69) is 5.32 Å². The molecule has 82 valence electrons. The largest absolute Gasteiger partial charge is 0.497 e. The third-order valence-corrected chi connectivity index (χ3v) is 2.55. The van der Waals surface area contributed by atoms with Crippen molar-refractivity contribution < 1.29 is 4.74 Å². The van der Waals surface area contributed by atoms with Gasteiger partial charge in [-0.05, 0) is 43.2 Å². The molecular formula is C12H16ClNO. The van der Waals surface area contributed by atoms with Crippen LogP contribution in [0.1, 0.15) is 12.5 Å². The maximum atomic E-state index is 5.58. The second-order valence-corrected chi connectivity index (χ2v) is 3.71. The van der Waals surface area contributed by atoms with Crippen molar-refractivity contribution in [3.63, 3.8) is 0 Å². The number of anilines is 1. The quantitative estimate of drug-likeness (QED) is 0.846. The van der Waals surface area contributed by atoms with Gasteiger partial charge in [-0.15, -0.1) is 0 Å². The average molecular weight is 226 g/mol. The Kier molecular flexibility index (Phi) is 4.50. The minimum Gasteiger partial charge on any atom is -0.497 e. The Bertz CT molecular complexity index is 361. The van der Waals surface area contributed by atoms with E-state index in [1.807, 2.05) is 32.0 Å². The van der Waals surface area contributed by atoms with E-state index in [-0.39, 0.29) is 0 Å². The standard InChI is InChI=1S/C12H16ClNO/c1-9(7-13)8-14-12-5-4-11(15-3)6-10(12)2/h4-7,14H,8H2,1-3H3/b9-7+. The summed E-state index contributed by atoms with van der Waals surface area (Å²) in [5, 5.41) is 3.31. The SMILES string of the molecule is COc1ccc(NC/C(C)=C/Cl)c(C)c1. The number of rotatable bonds is 4. The first-order valence-corrected chi connectivity index (χ1v) is 5.25. The molecule has 0 aliphatic rings. The smallest absolute Gasteiger partial charge is 0.119 e. The van der Waals surface area contributed by atoms with E-state index in [1.54, 1.807) is 12.6 Å². The van der Waals surface area contributed by atoms with E-state index in [0.717, 1.165) is 29.1 Å². The van der Waals surface area contributed by atoms with E-state index in [4.69, 9.17) is 16.3 Å². The molecule has 0 unspecified atom stereocenters. The van der Waals surface area contributed by atoms with Crippen LogP contribution in [-0.2, 0) is 0 Å². The molecule has 0 heterocycles. The van der Waals surface area contributed by atoms with E-state index < -0.39 is 0 Å². The van der Waals surface area contributed by atoms with Crippen molar-refractivity contribution in [2.45, 2.75) is 13.8 Å². The molecule has 1 aromatic rings. The number of nitrogens with one attached hydrogen (secondary N) is 1. The highest BCUT2D eigenvalue weighted by molar-refractivity contribution is 6.25. The first kappa shape index (κ1) is 11.9. The molecule has 0 spiro atoms. The summed E-state index contributed by atoms with van der Waals surface area (Å²) in [6.45, 7) is 4.79. The number of halogens is 1. The van der Waals surface area contributed by atoms with Gasteiger partial charge in [0.1, 0.15) is 5.75 Å². The molecule has 0 aromatic heterocycles. The minimum atomic E-state index is 0.761. The summed E-state index contributed by atoms with van der Waals surface area (Å²) in [7, 11) is 1.67. The molecule has 1 rings (SSSR count). The second kappa shape index (κ2) is 5.66. The van der Waals surface area contributed by atoms with Crippen LogP contribution in [-0.4, -0.2) is 13.7 Å². The number of hydrogen-bond acceptors (Lipinski definition) is 2. The Morgan fingerprint density at radius 1 is 1.53 bits per heavy atom. The Morgan fingerprint density at radius 3 is 2.80 bits per heavy atom. The molecule has 0 saturated heterocycles. The van der Waals surface area contributed by atoms with Crippen molar-refractivity contribution in [1.29, 1.82) is 0 Å². The summed E-state index contributed by atoms with van der Waals surface area (Å²) >= 11 is 5.58. The fourth-order valence-corrected chi connectivity index (χ4v) is 1.31. The van der Waals surface area contributed by atoms with Crippen LogP contribution < -0.4 is 10.1 Å². The molecular weight excluding hydrogens is 210 g/mol. The zero-order chi connectivity index (χ0) is 11.3. The van der Waals surface area contributed by atoms with Crippen LogP contribution in [0.4, 0.5) is 5.69 Å². The lowest BCUT2D eigenvalue weighted by Gasteiger charge is -2.10. The highest BCUT2D eigenvalue weighted by Gasteiger charge is 1.99. The van der Waals surface area contributed by atoms with Gasteiger partial charge in [-0.1, -0.05) is 11.6 Å². The van der Waals surface area contributed by atoms with Crippen LogP contribution in [0.5, 0.6) is 5.75 Å². The molecule has 3 heteroatoms. The lowest BCUT2D eigenvalue weighted by atomic mass is 10.2. The van der Waals surface area contributed by atoms with Gasteiger partial charge in [-0.25, -0.2) is 0 Å². The van der Waals surface area contributed by atoms with Gasteiger partial charge in [0.05, 0.1) is 7.11 Å². The number of hydrogen-bond donors (Lipinski definition) is 1. The van der Waals surface area contributed by atoms with Crippen molar-refractivity contribution in [2.75, 3.05) is 19.0 Å². The Balaban J connectivity index is 2.70. The average Bonchev–Trinajstić information content (AvgIpc) is 2.26. The summed E-state index contributed by atoms with van der Waals surface area (Å²) in [5.41, 5.74) is 4.96. The van der Waals surface area contributed by atoms with Gasteiger partial charge in [0.2, 0.25) is 0 Å². The molecule has 0 atom stereocenters. The summed E-state index contributed by atoms with van der Waals surface area (Å²) in [5.74, 6) is 0.877. The molecule has 0 amide bonds. The van der Waals surface area contributed by atoms with Crippen LogP contribution in [0.15, 0.2) is 29.3 Å². The summed E-state index contributed by atoms with van der Waals surface area (Å²) in [4.78, 5) is 0. The molecule has 1 N–H and O–H groups in total. The number of methoxy groups -OCH3 is 1. The van der Waals surface area contributed by atoms with Crippen molar-refractivity contribution >= 4 is 17.3 Å². The molecule has 0 radical (unpaired) electrons. The topological polar surface area (TPSA) is 21.3 Å². The third kappa shape index (κ3) is 3.48. The van der Waals surface area contributed by atoms with E-state index >= 15 is 0 Å². The monoisotopic (exact) mass is 225 g/mol. The lowest BCUT2D eigenvalue weighted by molar-refractivity contribution is 0.414. The predicted molar refractivity (Wildman–Crippen MR) is 65.8 cm³/mol. The summed E-state index contributed by atoms with van der Waals surface area (Å²) in [6, 6.07) is 5.95. The maximum Gasteiger partial charge on any atom is 0.119 e. The van der Waals surface area contributed by atoms with Crippen molar-refractivity contribution in [3.05, 3.63) is 34.9 Å². The van der Waals surface area contributed by atoms with Gasteiger partial charge in [0.25, 0.3) is 0 Å². The van der Waals surface area contributed by atoms with Crippen LogP contribution in [0, 0.1) is 6.92 Å². The molecule has 2 nitrogen and oxygen atoms in total. The van der Waals surface area contributed by atoms with Gasteiger partial charge in [-0.3, -0.25) is 0 Å². The molecule has 0 saturated carbocycles. The zero-order valence-corrected chi connectivity index (χ0v) is 10.1. The number of ether oxygens (including phenoxy) is 1. The molecule has 0 aliphatic carbocycles. The van der Waals surface area contributed by atoms with Crippen LogP contribution in [0.2, 0.25) is 0 Å². The molecule has 0 fully saturated rings. The predicted octanol–water partition coefficient (Wildman–Crippen LogP) is 3.56. The van der Waals surface area contributed by atoms with Gasteiger partial charge in [0, 0.05) is 17.8 Å². The van der Waals surface area contributed by atoms with Gasteiger partial charge >= 0.3 is 0 Å². The zero-order valence-electron chi connectivity index (χ0n) is 9.30. The molecule has 0 aliphatic heterocycles. The Labute approximate surface area is 95.9 Å². The fraction of sp³-hybridized carbons (Fsp3) is 0.333. The van der Waals surface area contributed by atoms with Crippen LogP contribution >= 0.6 is 11.6 Å². The highest BCUT2D eigenvalue weighted by atomic mass is 35.5. The van der Waals surface area contributed by atoms with Gasteiger partial charge in [0.15, 0.2) is 0 Å². The molecule has 1 aromatic carbocycles. The second-order valence-electron chi connectivity index (χ2n) is 3.49. The fourth-order valence-electron chi connectivity index (χ4n) is 1.23. The van der Waals surface area contributed by atoms with E-state index in [9.17, 15) is 0 Å². The van der Waals surface area contributed by atoms with Gasteiger partial charge in [-0.2, -0.15) is 0 Å². The first-order valence-electron chi connectivity index (χ1n) is 4.81. The summed E-state index contributed by atoms with van der Waals surface area (Å²) < 4.78 is 5.14. The highest BCUT2D eigenvalue weighted by Crippen LogP contribution is 2.21. The summed E-state index contributed by atoms with van der Waals surface area (Å²) in [6.07, 6.45) is 0. The third-order valence-electron chi connectivity index (χ3n) is 2.18. The van der Waals surface area contributed by atoms with Crippen LogP contribution in [0.3, 0.4) is 0 Å². The van der Waals surface area contributed by atoms with Crippen molar-refractivity contribution in [2.24, 2.45) is 0 Å². The molecule has 0 bridgehead atoms. The number of aryl methyl sites for hydroxylation is 1. The first-order chi connectivity index (χ1) is 7.17.